The van der Waals surface area contributed by atoms with Gasteiger partial charge < -0.3 is 0 Å². The fourth-order valence-corrected chi connectivity index (χ4v) is 3.35. The molecule has 0 aliphatic carbocycles. The van der Waals surface area contributed by atoms with E-state index < -0.39 is 9.84 Å². The molecule has 0 fully saturated rings. The van der Waals surface area contributed by atoms with Gasteiger partial charge in [0.2, 0.25) is 0 Å². The summed E-state index contributed by atoms with van der Waals surface area (Å²) in [6.07, 6.45) is 2.00. The van der Waals surface area contributed by atoms with Crippen LogP contribution in [-0.2, 0) is 9.84 Å². The average Bonchev–Trinajstić information content (AvgIpc) is 2.18. The highest BCUT2D eigenvalue weighted by atomic mass is 32.2. The van der Waals surface area contributed by atoms with Crippen LogP contribution in [0.25, 0.3) is 0 Å². The molecule has 0 saturated carbocycles. The first-order chi connectivity index (χ1) is 7.06. The molecule has 0 radical (unpaired) electrons. The highest BCUT2D eigenvalue weighted by Gasteiger charge is 2.17. The molecule has 3 heteroatoms. The Balaban J connectivity index is 2.77. The second-order valence-electron chi connectivity index (χ2n) is 3.99. The van der Waals surface area contributed by atoms with E-state index in [-0.39, 0.29) is 11.7 Å². The second-order valence-corrected chi connectivity index (χ2v) is 6.02. The van der Waals surface area contributed by atoms with Gasteiger partial charge >= 0.3 is 0 Å². The van der Waals surface area contributed by atoms with Crippen LogP contribution < -0.4 is 0 Å². The van der Waals surface area contributed by atoms with Crippen LogP contribution in [0.5, 0.6) is 0 Å². The topological polar surface area (TPSA) is 34.1 Å². The molecule has 1 unspecified atom stereocenters. The lowest BCUT2D eigenvalue weighted by Crippen LogP contribution is -2.13. The van der Waals surface area contributed by atoms with Crippen molar-refractivity contribution in [1.82, 2.24) is 0 Å². The van der Waals surface area contributed by atoms with Gasteiger partial charge in [-0.1, -0.05) is 38.5 Å². The Morgan fingerprint density at radius 3 is 2.33 bits per heavy atom. The lowest BCUT2D eigenvalue weighted by atomic mass is 10.1. The molecule has 0 aromatic heterocycles. The van der Waals surface area contributed by atoms with Gasteiger partial charge in [-0.2, -0.15) is 0 Å². The molecule has 0 aliphatic rings. The summed E-state index contributed by atoms with van der Waals surface area (Å²) in [5, 5.41) is 0. The van der Waals surface area contributed by atoms with Gasteiger partial charge in [0, 0.05) is 0 Å². The summed E-state index contributed by atoms with van der Waals surface area (Å²) in [6.45, 7) is 4.07. The maximum Gasteiger partial charge on any atom is 0.178 e. The number of hydrogen-bond donors (Lipinski definition) is 0. The molecule has 1 rings (SSSR count). The zero-order chi connectivity index (χ0) is 11.3. The van der Waals surface area contributed by atoms with E-state index in [1.54, 1.807) is 24.3 Å². The molecule has 2 nitrogen and oxygen atoms in total. The third-order valence-electron chi connectivity index (χ3n) is 2.39. The summed E-state index contributed by atoms with van der Waals surface area (Å²) in [7, 11) is -3.08. The van der Waals surface area contributed by atoms with Crippen molar-refractivity contribution < 1.29 is 8.42 Å². The number of benzene rings is 1. The Kier molecular flexibility index (Phi) is 4.33. The van der Waals surface area contributed by atoms with Gasteiger partial charge in [-0.3, -0.25) is 0 Å². The molecule has 1 atom stereocenters. The molecule has 0 N–H and O–H groups in total. The van der Waals surface area contributed by atoms with Crippen LogP contribution in [0.4, 0.5) is 0 Å². The van der Waals surface area contributed by atoms with E-state index in [4.69, 9.17) is 0 Å². The largest absolute Gasteiger partial charge is 0.224 e. The van der Waals surface area contributed by atoms with Crippen molar-refractivity contribution >= 4 is 9.84 Å². The van der Waals surface area contributed by atoms with Crippen molar-refractivity contribution in [2.75, 3.05) is 5.75 Å². The van der Waals surface area contributed by atoms with Gasteiger partial charge in [0.1, 0.15) is 0 Å². The molecular formula is C12H18O2S. The van der Waals surface area contributed by atoms with Crippen molar-refractivity contribution in [2.45, 2.75) is 31.6 Å². The molecule has 15 heavy (non-hydrogen) atoms. The summed E-state index contributed by atoms with van der Waals surface area (Å²) in [5.41, 5.74) is 0. The van der Waals surface area contributed by atoms with Gasteiger partial charge in [0.15, 0.2) is 9.84 Å². The predicted octanol–water partition coefficient (Wildman–Crippen LogP) is 2.90. The average molecular weight is 226 g/mol. The Labute approximate surface area is 92.2 Å². The number of rotatable bonds is 5. The van der Waals surface area contributed by atoms with Gasteiger partial charge in [-0.05, 0) is 24.5 Å². The molecule has 84 valence electrons. The van der Waals surface area contributed by atoms with E-state index in [0.717, 1.165) is 12.8 Å². The summed E-state index contributed by atoms with van der Waals surface area (Å²) < 4.78 is 23.8. The SMILES string of the molecule is CCCC(C)CS(=O)(=O)c1ccccc1. The van der Waals surface area contributed by atoms with E-state index in [1.807, 2.05) is 13.0 Å². The first-order valence-electron chi connectivity index (χ1n) is 5.34. The molecule has 0 amide bonds. The fourth-order valence-electron chi connectivity index (χ4n) is 1.67. The second kappa shape index (κ2) is 5.31. The molecule has 0 saturated heterocycles. The number of sulfone groups is 1. The molecule has 1 aromatic carbocycles. The Hall–Kier alpha value is -0.830. The molecule has 0 bridgehead atoms. The highest BCUT2D eigenvalue weighted by molar-refractivity contribution is 7.91. The quantitative estimate of drug-likeness (QED) is 0.773. The van der Waals surface area contributed by atoms with Crippen molar-refractivity contribution in [3.63, 3.8) is 0 Å². The van der Waals surface area contributed by atoms with Crippen LogP contribution in [-0.4, -0.2) is 14.2 Å². The summed E-state index contributed by atoms with van der Waals surface area (Å²) >= 11 is 0. The third-order valence-corrected chi connectivity index (χ3v) is 4.39. The van der Waals surface area contributed by atoms with E-state index in [0.29, 0.717) is 4.90 Å². The first-order valence-corrected chi connectivity index (χ1v) is 6.99. The van der Waals surface area contributed by atoms with Gasteiger partial charge in [-0.15, -0.1) is 0 Å². The van der Waals surface area contributed by atoms with Gasteiger partial charge in [-0.25, -0.2) is 8.42 Å². The van der Waals surface area contributed by atoms with Crippen LogP contribution in [0, 0.1) is 5.92 Å². The van der Waals surface area contributed by atoms with Gasteiger partial charge in [0.25, 0.3) is 0 Å². The van der Waals surface area contributed by atoms with E-state index >= 15 is 0 Å². The van der Waals surface area contributed by atoms with Crippen LogP contribution in [0.1, 0.15) is 26.7 Å². The summed E-state index contributed by atoms with van der Waals surface area (Å²) in [6, 6.07) is 8.67. The minimum atomic E-state index is -3.08. The Morgan fingerprint density at radius 2 is 1.80 bits per heavy atom. The van der Waals surface area contributed by atoms with E-state index in [9.17, 15) is 8.42 Å². The lowest BCUT2D eigenvalue weighted by Gasteiger charge is -2.10. The maximum absolute atomic E-state index is 11.9. The van der Waals surface area contributed by atoms with E-state index in [1.165, 1.54) is 0 Å². The molecule has 0 aliphatic heterocycles. The van der Waals surface area contributed by atoms with Crippen LogP contribution >= 0.6 is 0 Å². The monoisotopic (exact) mass is 226 g/mol. The highest BCUT2D eigenvalue weighted by Crippen LogP contribution is 2.16. The first kappa shape index (κ1) is 12.2. The van der Waals surface area contributed by atoms with Crippen LogP contribution in [0.2, 0.25) is 0 Å². The summed E-state index contributed by atoms with van der Waals surface area (Å²) in [5.74, 6) is 0.491. The predicted molar refractivity (Wildman–Crippen MR) is 62.6 cm³/mol. The number of hydrogen-bond acceptors (Lipinski definition) is 2. The Bertz CT molecular complexity index is 381. The van der Waals surface area contributed by atoms with Crippen molar-refractivity contribution in [3.05, 3.63) is 30.3 Å². The Morgan fingerprint density at radius 1 is 1.20 bits per heavy atom. The fraction of sp³-hybridized carbons (Fsp3) is 0.500. The maximum atomic E-state index is 11.9. The van der Waals surface area contributed by atoms with Crippen molar-refractivity contribution in [2.24, 2.45) is 5.92 Å². The molecule has 0 spiro atoms. The zero-order valence-corrected chi connectivity index (χ0v) is 10.1. The molecular weight excluding hydrogens is 208 g/mol. The van der Waals surface area contributed by atoms with Crippen molar-refractivity contribution in [1.29, 1.82) is 0 Å². The van der Waals surface area contributed by atoms with Crippen LogP contribution in [0.3, 0.4) is 0 Å². The smallest absolute Gasteiger partial charge is 0.178 e. The molecule has 0 heterocycles. The third kappa shape index (κ3) is 3.67. The minimum absolute atomic E-state index is 0.236. The van der Waals surface area contributed by atoms with Crippen LogP contribution in [0.15, 0.2) is 35.2 Å². The minimum Gasteiger partial charge on any atom is -0.224 e. The summed E-state index contributed by atoms with van der Waals surface area (Å²) in [4.78, 5) is 0.438. The van der Waals surface area contributed by atoms with Crippen molar-refractivity contribution in [3.8, 4) is 0 Å². The standard InChI is InChI=1S/C12H18O2S/c1-3-7-11(2)10-15(13,14)12-8-5-4-6-9-12/h4-6,8-9,11H,3,7,10H2,1-2H3. The normalized spacial score (nSPS) is 13.7. The lowest BCUT2D eigenvalue weighted by molar-refractivity contribution is 0.545. The van der Waals surface area contributed by atoms with E-state index in [2.05, 4.69) is 6.92 Å². The molecule has 1 aromatic rings. The van der Waals surface area contributed by atoms with Gasteiger partial charge in [0.05, 0.1) is 10.6 Å². The zero-order valence-electron chi connectivity index (χ0n) is 9.31.